The number of benzene rings is 1. The highest BCUT2D eigenvalue weighted by Gasteiger charge is 2.09. The van der Waals surface area contributed by atoms with Crippen LogP contribution in [-0.4, -0.2) is 21.7 Å². The van der Waals surface area contributed by atoms with E-state index in [9.17, 15) is 4.79 Å². The van der Waals surface area contributed by atoms with Crippen molar-refractivity contribution in [3.63, 3.8) is 0 Å². The normalized spacial score (nSPS) is 10.9. The molecule has 0 aliphatic rings. The topological polar surface area (TPSA) is 59.3 Å². The number of nitrogens with zero attached hydrogens (tertiary/aromatic N) is 3. The molecule has 104 valence electrons. The Labute approximate surface area is 130 Å². The molecule has 1 aromatic heterocycles. The van der Waals surface area contributed by atoms with E-state index in [0.29, 0.717) is 10.6 Å². The van der Waals surface area contributed by atoms with Crippen LogP contribution in [0.25, 0.3) is 0 Å². The summed E-state index contributed by atoms with van der Waals surface area (Å²) in [5, 5.41) is 4.72. The van der Waals surface area contributed by atoms with E-state index in [1.165, 1.54) is 17.1 Å². The number of hydrogen-bond acceptors (Lipinski definition) is 3. The Hall–Kier alpha value is -1.56. The minimum Gasteiger partial charge on any atom is -0.311 e. The molecule has 1 amide bonds. The first kappa shape index (κ1) is 14.8. The van der Waals surface area contributed by atoms with E-state index in [1.807, 2.05) is 12.1 Å². The molecule has 0 unspecified atom stereocenters. The Morgan fingerprint density at radius 1 is 1.35 bits per heavy atom. The minimum absolute atomic E-state index is 0.0294. The number of rotatable bonds is 4. The number of hydrogen-bond donors (Lipinski definition) is 1. The quantitative estimate of drug-likeness (QED) is 0.691. The summed E-state index contributed by atoms with van der Waals surface area (Å²) in [7, 11) is 0. The van der Waals surface area contributed by atoms with E-state index in [-0.39, 0.29) is 22.8 Å². The monoisotopic (exact) mass is 330 g/mol. The average molecular weight is 332 g/mol. The van der Waals surface area contributed by atoms with Gasteiger partial charge in [0, 0.05) is 10.6 Å². The molecular formula is C12H9Cl3N4O. The lowest BCUT2D eigenvalue weighted by molar-refractivity contribution is -0.121. The van der Waals surface area contributed by atoms with Crippen molar-refractivity contribution in [2.75, 3.05) is 0 Å². The van der Waals surface area contributed by atoms with Crippen LogP contribution in [0.5, 0.6) is 0 Å². The van der Waals surface area contributed by atoms with Gasteiger partial charge in [-0.3, -0.25) is 4.79 Å². The number of nitrogens with one attached hydrogen (secondary N) is 1. The van der Waals surface area contributed by atoms with Crippen molar-refractivity contribution in [2.24, 2.45) is 5.10 Å². The molecule has 5 nitrogen and oxygen atoms in total. The van der Waals surface area contributed by atoms with E-state index >= 15 is 0 Å². The maximum atomic E-state index is 11.6. The highest BCUT2D eigenvalue weighted by molar-refractivity contribution is 6.40. The van der Waals surface area contributed by atoms with Gasteiger partial charge in [-0.15, -0.1) is 0 Å². The third-order valence-electron chi connectivity index (χ3n) is 2.34. The molecule has 0 saturated heterocycles. The molecule has 0 spiro atoms. The first-order chi connectivity index (χ1) is 9.58. The Bertz CT molecular complexity index is 654. The third-order valence-corrected chi connectivity index (χ3v) is 3.46. The van der Waals surface area contributed by atoms with Gasteiger partial charge in [0.25, 0.3) is 5.91 Å². The molecule has 1 heterocycles. The lowest BCUT2D eigenvalue weighted by atomic mass is 10.2. The van der Waals surface area contributed by atoms with Gasteiger partial charge >= 0.3 is 0 Å². The number of amides is 1. The predicted octanol–water partition coefficient (Wildman–Crippen LogP) is 2.99. The molecule has 0 aliphatic carbocycles. The molecule has 20 heavy (non-hydrogen) atoms. The lowest BCUT2D eigenvalue weighted by Gasteiger charge is -2.02. The second kappa shape index (κ2) is 6.74. The van der Waals surface area contributed by atoms with E-state index in [1.54, 1.807) is 12.1 Å². The van der Waals surface area contributed by atoms with Gasteiger partial charge in [-0.05, 0) is 6.07 Å². The van der Waals surface area contributed by atoms with Crippen LogP contribution < -0.4 is 5.43 Å². The number of aromatic nitrogens is 2. The van der Waals surface area contributed by atoms with Crippen LogP contribution in [0.15, 0.2) is 35.7 Å². The zero-order valence-corrected chi connectivity index (χ0v) is 12.3. The number of halogens is 3. The standard InChI is InChI=1S/C12H9Cl3N4O/c13-9-4-2-1-3-8(9)5-17-18-10(20)6-19-7-16-11(14)12(19)15/h1-5,7H,6H2,(H,18,20). The van der Waals surface area contributed by atoms with Crippen LogP contribution in [0.2, 0.25) is 15.3 Å². The second-order valence-electron chi connectivity index (χ2n) is 3.77. The molecule has 1 aromatic carbocycles. The van der Waals surface area contributed by atoms with Crippen molar-refractivity contribution in [1.82, 2.24) is 15.0 Å². The number of imidazole rings is 1. The molecule has 2 aromatic rings. The summed E-state index contributed by atoms with van der Waals surface area (Å²) < 4.78 is 1.41. The molecule has 8 heteroatoms. The fourth-order valence-electron chi connectivity index (χ4n) is 1.40. The maximum Gasteiger partial charge on any atom is 0.260 e. The number of carbonyl (C=O) groups is 1. The summed E-state index contributed by atoms with van der Waals surface area (Å²) >= 11 is 17.5. The van der Waals surface area contributed by atoms with Gasteiger partial charge in [0.1, 0.15) is 11.7 Å². The first-order valence-electron chi connectivity index (χ1n) is 5.50. The molecule has 2 rings (SSSR count). The molecule has 0 radical (unpaired) electrons. The van der Waals surface area contributed by atoms with Crippen molar-refractivity contribution < 1.29 is 4.79 Å². The van der Waals surface area contributed by atoms with Crippen molar-refractivity contribution in [3.05, 3.63) is 51.5 Å². The summed E-state index contributed by atoms with van der Waals surface area (Å²) in [4.78, 5) is 15.4. The summed E-state index contributed by atoms with van der Waals surface area (Å²) in [6.45, 7) is -0.0294. The van der Waals surface area contributed by atoms with Gasteiger partial charge in [0.05, 0.1) is 12.5 Å². The Morgan fingerprint density at radius 3 is 2.75 bits per heavy atom. The SMILES string of the molecule is O=C(Cn1cnc(Cl)c1Cl)NN=Cc1ccccc1Cl. The minimum atomic E-state index is -0.357. The summed E-state index contributed by atoms with van der Waals surface area (Å²) in [6, 6.07) is 7.15. The molecule has 0 bridgehead atoms. The molecule has 0 saturated carbocycles. The largest absolute Gasteiger partial charge is 0.311 e. The van der Waals surface area contributed by atoms with Gasteiger partial charge in [0.15, 0.2) is 5.15 Å². The van der Waals surface area contributed by atoms with Crippen LogP contribution in [0.1, 0.15) is 5.56 Å². The third kappa shape index (κ3) is 3.72. The van der Waals surface area contributed by atoms with Crippen LogP contribution >= 0.6 is 34.8 Å². The van der Waals surface area contributed by atoms with Gasteiger partial charge in [0.2, 0.25) is 0 Å². The van der Waals surface area contributed by atoms with E-state index < -0.39 is 0 Å². The van der Waals surface area contributed by atoms with Crippen LogP contribution in [0.4, 0.5) is 0 Å². The fraction of sp³-hybridized carbons (Fsp3) is 0.0833. The predicted molar refractivity (Wildman–Crippen MR) is 79.4 cm³/mol. The number of hydrazone groups is 1. The highest BCUT2D eigenvalue weighted by atomic mass is 35.5. The van der Waals surface area contributed by atoms with E-state index in [4.69, 9.17) is 34.8 Å². The van der Waals surface area contributed by atoms with Gasteiger partial charge < -0.3 is 4.57 Å². The summed E-state index contributed by atoms with van der Waals surface area (Å²) in [6.07, 6.45) is 2.84. The average Bonchev–Trinajstić information content (AvgIpc) is 2.73. The van der Waals surface area contributed by atoms with E-state index in [0.717, 1.165) is 0 Å². The Balaban J connectivity index is 1.93. The molecular weight excluding hydrogens is 323 g/mol. The second-order valence-corrected chi connectivity index (χ2v) is 4.89. The van der Waals surface area contributed by atoms with Crippen LogP contribution in [0.3, 0.4) is 0 Å². The molecule has 1 N–H and O–H groups in total. The van der Waals surface area contributed by atoms with Gasteiger partial charge in [-0.1, -0.05) is 53.0 Å². The summed E-state index contributed by atoms with van der Waals surface area (Å²) in [5.74, 6) is -0.357. The zero-order valence-electron chi connectivity index (χ0n) is 10.1. The first-order valence-corrected chi connectivity index (χ1v) is 6.64. The molecule has 0 aliphatic heterocycles. The van der Waals surface area contributed by atoms with Gasteiger partial charge in [-0.25, -0.2) is 10.4 Å². The van der Waals surface area contributed by atoms with Crippen molar-refractivity contribution in [2.45, 2.75) is 6.54 Å². The van der Waals surface area contributed by atoms with Crippen LogP contribution in [-0.2, 0) is 11.3 Å². The van der Waals surface area contributed by atoms with Crippen molar-refractivity contribution in [1.29, 1.82) is 0 Å². The maximum absolute atomic E-state index is 11.6. The Morgan fingerprint density at radius 2 is 2.10 bits per heavy atom. The smallest absolute Gasteiger partial charge is 0.260 e. The van der Waals surface area contributed by atoms with Crippen molar-refractivity contribution in [3.8, 4) is 0 Å². The summed E-state index contributed by atoms with van der Waals surface area (Å²) in [5.41, 5.74) is 3.07. The number of carbonyl (C=O) groups excluding carboxylic acids is 1. The Kier molecular flexibility index (Phi) is 5.00. The van der Waals surface area contributed by atoms with Crippen LogP contribution in [0, 0.1) is 0 Å². The molecule has 0 fully saturated rings. The van der Waals surface area contributed by atoms with Crippen molar-refractivity contribution >= 4 is 46.9 Å². The zero-order chi connectivity index (χ0) is 14.5. The lowest BCUT2D eigenvalue weighted by Crippen LogP contribution is -2.22. The van der Waals surface area contributed by atoms with E-state index in [2.05, 4.69) is 15.5 Å². The fourth-order valence-corrected chi connectivity index (χ4v) is 1.89. The molecule has 0 atom stereocenters. The highest BCUT2D eigenvalue weighted by Crippen LogP contribution is 2.19. The van der Waals surface area contributed by atoms with Gasteiger partial charge in [-0.2, -0.15) is 5.10 Å².